The summed E-state index contributed by atoms with van der Waals surface area (Å²) >= 11 is 0. The Morgan fingerprint density at radius 3 is 1.72 bits per heavy atom. The third kappa shape index (κ3) is 4.36. The van der Waals surface area contributed by atoms with E-state index in [2.05, 4.69) is 26.9 Å². The Hall–Kier alpha value is -2.64. The molecule has 0 amide bonds. The zero-order chi connectivity index (χ0) is 20.4. The lowest BCUT2D eigenvalue weighted by molar-refractivity contribution is 0.0746. The van der Waals surface area contributed by atoms with Crippen molar-refractivity contribution in [2.24, 2.45) is 0 Å². The van der Waals surface area contributed by atoms with Crippen molar-refractivity contribution in [1.82, 2.24) is 20.0 Å². The van der Waals surface area contributed by atoms with Gasteiger partial charge < -0.3 is 4.42 Å². The molecule has 1 aliphatic heterocycles. The molecule has 0 bridgehead atoms. The third-order valence-electron chi connectivity index (χ3n) is 5.53. The van der Waals surface area contributed by atoms with Crippen LogP contribution in [0.15, 0.2) is 52.9 Å². The Balaban J connectivity index is 1.53. The summed E-state index contributed by atoms with van der Waals surface area (Å²) in [6.45, 7) is 7.16. The Bertz CT molecular complexity index is 889. The molecule has 1 atom stereocenters. The highest BCUT2D eigenvalue weighted by molar-refractivity contribution is 5.32. The molecule has 2 heterocycles. The van der Waals surface area contributed by atoms with Crippen LogP contribution in [-0.4, -0.2) is 46.2 Å². The van der Waals surface area contributed by atoms with Crippen LogP contribution in [0, 0.1) is 18.6 Å². The van der Waals surface area contributed by atoms with Gasteiger partial charge in [0.2, 0.25) is 11.8 Å². The number of piperazine rings is 1. The molecular weight excluding hydrogens is 374 g/mol. The lowest BCUT2D eigenvalue weighted by Gasteiger charge is -2.41. The normalized spacial score (nSPS) is 17.0. The monoisotopic (exact) mass is 398 g/mol. The Kier molecular flexibility index (Phi) is 5.69. The van der Waals surface area contributed by atoms with Gasteiger partial charge in [-0.05, 0) is 42.3 Å². The molecule has 5 nitrogen and oxygen atoms in total. The van der Waals surface area contributed by atoms with Gasteiger partial charge in [0.05, 0.1) is 12.1 Å². The molecule has 0 aliphatic carbocycles. The topological polar surface area (TPSA) is 45.4 Å². The van der Waals surface area contributed by atoms with Crippen molar-refractivity contribution in [3.05, 3.63) is 83.1 Å². The molecule has 2 aromatic carbocycles. The number of benzene rings is 2. The second-order valence-corrected chi connectivity index (χ2v) is 7.41. The third-order valence-corrected chi connectivity index (χ3v) is 5.53. The minimum Gasteiger partial charge on any atom is -0.424 e. The smallest absolute Gasteiger partial charge is 0.233 e. The van der Waals surface area contributed by atoms with Crippen molar-refractivity contribution in [2.45, 2.75) is 25.9 Å². The second-order valence-electron chi connectivity index (χ2n) is 7.41. The molecule has 1 aliphatic rings. The standard InChI is InChI=1S/C22H24F2N4O/c1-15(22-26-25-16(2)29-22)27-11-13-28(14-12-27)21(17-3-7-19(23)8-4-17)18-5-9-20(24)10-6-18/h3-10,15,21H,11-14H2,1-2H3/t15-/m1/s1. The quantitative estimate of drug-likeness (QED) is 0.647. The SMILES string of the molecule is Cc1nnc([C@@H](C)N2CCN(C(c3ccc(F)cc3)c3ccc(F)cc3)CC2)o1. The van der Waals surface area contributed by atoms with Gasteiger partial charge in [-0.15, -0.1) is 10.2 Å². The van der Waals surface area contributed by atoms with Gasteiger partial charge in [0.15, 0.2) is 0 Å². The second kappa shape index (κ2) is 8.39. The summed E-state index contributed by atoms with van der Waals surface area (Å²) in [4.78, 5) is 4.67. The summed E-state index contributed by atoms with van der Waals surface area (Å²) in [5, 5.41) is 8.07. The zero-order valence-electron chi connectivity index (χ0n) is 16.6. The van der Waals surface area contributed by atoms with Crippen molar-refractivity contribution in [2.75, 3.05) is 26.2 Å². The van der Waals surface area contributed by atoms with Crippen LogP contribution in [0.25, 0.3) is 0 Å². The lowest BCUT2D eigenvalue weighted by Crippen LogP contribution is -2.48. The van der Waals surface area contributed by atoms with Crippen LogP contribution in [0.2, 0.25) is 0 Å². The van der Waals surface area contributed by atoms with Gasteiger partial charge in [0.1, 0.15) is 11.6 Å². The van der Waals surface area contributed by atoms with E-state index in [9.17, 15) is 8.78 Å². The van der Waals surface area contributed by atoms with Gasteiger partial charge in [-0.25, -0.2) is 8.78 Å². The van der Waals surface area contributed by atoms with Crippen molar-refractivity contribution in [3.63, 3.8) is 0 Å². The first kappa shape index (κ1) is 19.7. The van der Waals surface area contributed by atoms with E-state index in [4.69, 9.17) is 4.42 Å². The predicted octanol–water partition coefficient (Wildman–Crippen LogP) is 4.12. The maximum Gasteiger partial charge on any atom is 0.233 e. The van der Waals surface area contributed by atoms with Crippen LogP contribution in [0.3, 0.4) is 0 Å². The first-order valence-corrected chi connectivity index (χ1v) is 9.80. The molecule has 29 heavy (non-hydrogen) atoms. The lowest BCUT2D eigenvalue weighted by atomic mass is 9.96. The highest BCUT2D eigenvalue weighted by atomic mass is 19.1. The van der Waals surface area contributed by atoms with Crippen LogP contribution >= 0.6 is 0 Å². The van der Waals surface area contributed by atoms with Crippen molar-refractivity contribution >= 4 is 0 Å². The van der Waals surface area contributed by atoms with E-state index in [1.165, 1.54) is 24.3 Å². The molecule has 1 aromatic heterocycles. The largest absolute Gasteiger partial charge is 0.424 e. The summed E-state index contributed by atoms with van der Waals surface area (Å²) in [5.41, 5.74) is 1.99. The van der Waals surface area contributed by atoms with E-state index in [1.807, 2.05) is 0 Å². The van der Waals surface area contributed by atoms with E-state index in [1.54, 1.807) is 31.2 Å². The van der Waals surface area contributed by atoms with E-state index < -0.39 is 0 Å². The van der Waals surface area contributed by atoms with E-state index >= 15 is 0 Å². The van der Waals surface area contributed by atoms with Gasteiger partial charge in [-0.2, -0.15) is 0 Å². The van der Waals surface area contributed by atoms with Crippen LogP contribution in [0.4, 0.5) is 8.78 Å². The van der Waals surface area contributed by atoms with E-state index in [0.29, 0.717) is 11.8 Å². The molecule has 152 valence electrons. The van der Waals surface area contributed by atoms with Crippen molar-refractivity contribution in [1.29, 1.82) is 0 Å². The maximum absolute atomic E-state index is 13.5. The predicted molar refractivity (Wildman–Crippen MR) is 105 cm³/mol. The number of hydrogen-bond acceptors (Lipinski definition) is 5. The van der Waals surface area contributed by atoms with Gasteiger partial charge in [-0.1, -0.05) is 24.3 Å². The maximum atomic E-state index is 13.5. The van der Waals surface area contributed by atoms with Crippen LogP contribution in [-0.2, 0) is 0 Å². The van der Waals surface area contributed by atoms with E-state index in [0.717, 1.165) is 37.3 Å². The molecule has 1 fully saturated rings. The van der Waals surface area contributed by atoms with Crippen LogP contribution in [0.5, 0.6) is 0 Å². The molecule has 0 radical (unpaired) electrons. The highest BCUT2D eigenvalue weighted by Crippen LogP contribution is 2.31. The first-order valence-electron chi connectivity index (χ1n) is 9.80. The van der Waals surface area contributed by atoms with Crippen molar-refractivity contribution < 1.29 is 13.2 Å². The Morgan fingerprint density at radius 1 is 0.793 bits per heavy atom. The average Bonchev–Trinajstić information content (AvgIpc) is 3.17. The number of aryl methyl sites for hydroxylation is 1. The Labute approximate surface area is 169 Å². The number of hydrogen-bond donors (Lipinski definition) is 0. The molecule has 4 rings (SSSR count). The molecule has 1 saturated heterocycles. The number of halogens is 2. The molecular formula is C22H24F2N4O. The van der Waals surface area contributed by atoms with Crippen LogP contribution < -0.4 is 0 Å². The number of nitrogens with zero attached hydrogens (tertiary/aromatic N) is 4. The van der Waals surface area contributed by atoms with Crippen molar-refractivity contribution in [3.8, 4) is 0 Å². The summed E-state index contributed by atoms with van der Waals surface area (Å²) in [6.07, 6.45) is 0. The average molecular weight is 398 g/mol. The fourth-order valence-electron chi connectivity index (χ4n) is 3.92. The van der Waals surface area contributed by atoms with Crippen LogP contribution in [0.1, 0.15) is 41.9 Å². The van der Waals surface area contributed by atoms with Gasteiger partial charge in [-0.3, -0.25) is 9.80 Å². The fraction of sp³-hybridized carbons (Fsp3) is 0.364. The minimum atomic E-state index is -0.264. The zero-order valence-corrected chi connectivity index (χ0v) is 16.6. The number of aromatic nitrogens is 2. The first-order chi connectivity index (χ1) is 14.0. The van der Waals surface area contributed by atoms with E-state index in [-0.39, 0.29) is 23.7 Å². The molecule has 0 saturated carbocycles. The van der Waals surface area contributed by atoms with Gasteiger partial charge >= 0.3 is 0 Å². The van der Waals surface area contributed by atoms with Gasteiger partial charge in [0.25, 0.3) is 0 Å². The highest BCUT2D eigenvalue weighted by Gasteiger charge is 2.30. The van der Waals surface area contributed by atoms with Gasteiger partial charge in [0, 0.05) is 33.1 Å². The minimum absolute atomic E-state index is 0.0495. The number of rotatable bonds is 5. The summed E-state index contributed by atoms with van der Waals surface area (Å²) in [7, 11) is 0. The molecule has 7 heteroatoms. The fourth-order valence-corrected chi connectivity index (χ4v) is 3.92. The Morgan fingerprint density at radius 2 is 1.28 bits per heavy atom. The molecule has 3 aromatic rings. The summed E-state index contributed by atoms with van der Waals surface area (Å²) in [6, 6.07) is 13.1. The molecule has 0 N–H and O–H groups in total. The summed E-state index contributed by atoms with van der Waals surface area (Å²) in [5.74, 6) is 0.669. The molecule has 0 unspecified atom stereocenters. The molecule has 0 spiro atoms. The summed E-state index contributed by atoms with van der Waals surface area (Å²) < 4.78 is 32.5.